The Morgan fingerprint density at radius 3 is 1.90 bits per heavy atom. The van der Waals surface area contributed by atoms with Crippen molar-refractivity contribution in [2.24, 2.45) is 0 Å². The lowest BCUT2D eigenvalue weighted by Gasteiger charge is -2.21. The van der Waals surface area contributed by atoms with E-state index in [0.717, 1.165) is 74.7 Å². The van der Waals surface area contributed by atoms with E-state index in [0.29, 0.717) is 24.5 Å². The van der Waals surface area contributed by atoms with Crippen molar-refractivity contribution >= 4 is 30.0 Å². The Bertz CT molecular complexity index is 1610. The predicted molar refractivity (Wildman–Crippen MR) is 190 cm³/mol. The Balaban J connectivity index is 1.14. The van der Waals surface area contributed by atoms with E-state index in [-0.39, 0.29) is 29.8 Å². The van der Waals surface area contributed by atoms with Crippen LogP contribution in [-0.2, 0) is 28.7 Å². The molecule has 0 atom stereocenters. The summed E-state index contributed by atoms with van der Waals surface area (Å²) in [5, 5.41) is 0. The van der Waals surface area contributed by atoms with E-state index in [1.807, 2.05) is 36.4 Å². The molecule has 1 saturated carbocycles. The number of hydrogen-bond acceptors (Lipinski definition) is 9. The van der Waals surface area contributed by atoms with Crippen LogP contribution in [-0.4, -0.2) is 43.2 Å². The van der Waals surface area contributed by atoms with Gasteiger partial charge in [0, 0.05) is 17.7 Å². The molecule has 0 spiro atoms. The number of unbranched alkanes of at least 4 members (excludes halogenated alkanes) is 3. The molecule has 0 bridgehead atoms. The number of esters is 4. The van der Waals surface area contributed by atoms with E-state index >= 15 is 0 Å². The standard InChI is InChI=1S/C41H44O9/c1-3-38(42)47-28-10-5-4-9-27-46-34-22-16-32(17-23-34)33-18-24-36(25-19-33)48-39(43)26-15-31-13-20-37(21-14-31)50-41(45)30(2)29-40(44)49-35-11-7-6-8-12-35/h3,13-26,35H,1-2,4-12,27-29H2/b26-15+. The fraction of sp³-hybridized carbons (Fsp3) is 0.317. The number of ether oxygens (including phenoxy) is 5. The molecule has 1 fully saturated rings. The first-order valence-electron chi connectivity index (χ1n) is 17.0. The molecule has 9 nitrogen and oxygen atoms in total. The molecule has 0 N–H and O–H groups in total. The van der Waals surface area contributed by atoms with Crippen LogP contribution in [0.3, 0.4) is 0 Å². The van der Waals surface area contributed by atoms with Crippen molar-refractivity contribution in [1.82, 2.24) is 0 Å². The van der Waals surface area contributed by atoms with E-state index in [2.05, 4.69) is 13.2 Å². The second-order valence-corrected chi connectivity index (χ2v) is 11.9. The molecule has 0 saturated heterocycles. The van der Waals surface area contributed by atoms with Crippen molar-refractivity contribution in [3.63, 3.8) is 0 Å². The monoisotopic (exact) mass is 680 g/mol. The van der Waals surface area contributed by atoms with Crippen molar-refractivity contribution in [3.8, 4) is 28.4 Å². The van der Waals surface area contributed by atoms with Gasteiger partial charge in [0.2, 0.25) is 0 Å². The summed E-state index contributed by atoms with van der Waals surface area (Å²) < 4.78 is 27.0. The average Bonchev–Trinajstić information content (AvgIpc) is 3.13. The molecule has 0 amide bonds. The van der Waals surface area contributed by atoms with Crippen LogP contribution in [0.4, 0.5) is 0 Å². The Labute approximate surface area is 293 Å². The number of rotatable bonds is 18. The highest BCUT2D eigenvalue weighted by Gasteiger charge is 2.20. The highest BCUT2D eigenvalue weighted by Crippen LogP contribution is 2.25. The van der Waals surface area contributed by atoms with Gasteiger partial charge in [-0.1, -0.05) is 56.0 Å². The van der Waals surface area contributed by atoms with Crippen LogP contribution in [0.2, 0.25) is 0 Å². The maximum atomic E-state index is 12.4. The van der Waals surface area contributed by atoms with E-state index in [1.54, 1.807) is 42.5 Å². The van der Waals surface area contributed by atoms with Crippen molar-refractivity contribution < 1.29 is 42.9 Å². The Morgan fingerprint density at radius 2 is 1.26 bits per heavy atom. The first-order chi connectivity index (χ1) is 24.3. The third-order valence-electron chi connectivity index (χ3n) is 7.98. The van der Waals surface area contributed by atoms with Gasteiger partial charge >= 0.3 is 23.9 Å². The summed E-state index contributed by atoms with van der Waals surface area (Å²) in [7, 11) is 0. The summed E-state index contributed by atoms with van der Waals surface area (Å²) in [6, 6.07) is 21.6. The Morgan fingerprint density at radius 1 is 0.680 bits per heavy atom. The van der Waals surface area contributed by atoms with E-state index in [9.17, 15) is 19.2 Å². The Kier molecular flexibility index (Phi) is 15.1. The maximum absolute atomic E-state index is 12.4. The molecule has 1 aliphatic rings. The van der Waals surface area contributed by atoms with Gasteiger partial charge in [0.05, 0.1) is 19.6 Å². The molecule has 9 heteroatoms. The van der Waals surface area contributed by atoms with Gasteiger partial charge < -0.3 is 23.7 Å². The second-order valence-electron chi connectivity index (χ2n) is 11.9. The van der Waals surface area contributed by atoms with Crippen LogP contribution in [0.15, 0.2) is 104 Å². The molecule has 0 aromatic heterocycles. The number of hydrogen-bond donors (Lipinski definition) is 0. The molecule has 3 aromatic rings. The second kappa shape index (κ2) is 20.2. The highest BCUT2D eigenvalue weighted by molar-refractivity contribution is 5.94. The molecule has 50 heavy (non-hydrogen) atoms. The van der Waals surface area contributed by atoms with E-state index in [4.69, 9.17) is 23.7 Å². The Hall–Kier alpha value is -5.44. The smallest absolute Gasteiger partial charge is 0.339 e. The number of benzene rings is 3. The summed E-state index contributed by atoms with van der Waals surface area (Å²) in [6.45, 7) is 8.07. The van der Waals surface area contributed by atoms with Gasteiger partial charge in [0.25, 0.3) is 0 Å². The van der Waals surface area contributed by atoms with Crippen LogP contribution in [0, 0.1) is 0 Å². The summed E-state index contributed by atoms with van der Waals surface area (Å²) >= 11 is 0. The van der Waals surface area contributed by atoms with Crippen molar-refractivity contribution in [1.29, 1.82) is 0 Å². The molecule has 262 valence electrons. The van der Waals surface area contributed by atoms with Crippen LogP contribution < -0.4 is 14.2 Å². The molecular weight excluding hydrogens is 636 g/mol. The van der Waals surface area contributed by atoms with Gasteiger partial charge in [0.1, 0.15) is 23.4 Å². The van der Waals surface area contributed by atoms with E-state index < -0.39 is 17.9 Å². The molecule has 1 aliphatic carbocycles. The van der Waals surface area contributed by atoms with Gasteiger partial charge in [-0.05, 0) is 111 Å². The molecule has 0 unspecified atom stereocenters. The first-order valence-corrected chi connectivity index (χ1v) is 17.0. The minimum Gasteiger partial charge on any atom is -0.494 e. The SMILES string of the molecule is C=CC(=O)OCCCCCCOc1ccc(-c2ccc(OC(=O)/C=C/c3ccc(OC(=O)C(=C)CC(=O)OC4CCCCC4)cc3)cc2)cc1. The largest absolute Gasteiger partial charge is 0.494 e. The zero-order valence-corrected chi connectivity index (χ0v) is 28.3. The van der Waals surface area contributed by atoms with Gasteiger partial charge in [-0.25, -0.2) is 14.4 Å². The number of carbonyl (C=O) groups excluding carboxylic acids is 4. The zero-order chi connectivity index (χ0) is 35.6. The quantitative estimate of drug-likeness (QED) is 0.0566. The van der Waals surface area contributed by atoms with Gasteiger partial charge in [0.15, 0.2) is 0 Å². The third kappa shape index (κ3) is 13.2. The van der Waals surface area contributed by atoms with Gasteiger partial charge in [-0.2, -0.15) is 0 Å². The van der Waals surface area contributed by atoms with Crippen LogP contribution in [0.5, 0.6) is 17.2 Å². The lowest BCUT2D eigenvalue weighted by Crippen LogP contribution is -2.22. The van der Waals surface area contributed by atoms with Crippen LogP contribution in [0.1, 0.15) is 69.8 Å². The predicted octanol–water partition coefficient (Wildman–Crippen LogP) is 8.37. The summed E-state index contributed by atoms with van der Waals surface area (Å²) in [4.78, 5) is 48.0. The lowest BCUT2D eigenvalue weighted by molar-refractivity contribution is -0.150. The van der Waals surface area contributed by atoms with Gasteiger partial charge in [-0.15, -0.1) is 0 Å². The third-order valence-corrected chi connectivity index (χ3v) is 7.98. The highest BCUT2D eigenvalue weighted by atomic mass is 16.6. The van der Waals surface area contributed by atoms with Crippen LogP contribution in [0.25, 0.3) is 17.2 Å². The van der Waals surface area contributed by atoms with Crippen molar-refractivity contribution in [2.45, 2.75) is 70.3 Å². The molecule has 0 aliphatic heterocycles. The molecule has 4 rings (SSSR count). The molecule has 0 heterocycles. The zero-order valence-electron chi connectivity index (χ0n) is 28.3. The first kappa shape index (κ1) is 37.4. The molecule has 0 radical (unpaired) electrons. The molecular formula is C41H44O9. The fourth-order valence-corrected chi connectivity index (χ4v) is 5.24. The lowest BCUT2D eigenvalue weighted by atomic mass is 9.98. The fourth-order valence-electron chi connectivity index (χ4n) is 5.24. The summed E-state index contributed by atoms with van der Waals surface area (Å²) in [5.74, 6) is -0.615. The van der Waals surface area contributed by atoms with Gasteiger partial charge in [-0.3, -0.25) is 4.79 Å². The maximum Gasteiger partial charge on any atom is 0.339 e. The topological polar surface area (TPSA) is 114 Å². The number of carbonyl (C=O) groups is 4. The minimum absolute atomic E-state index is 0.0239. The average molecular weight is 681 g/mol. The normalized spacial score (nSPS) is 12.9. The van der Waals surface area contributed by atoms with Crippen molar-refractivity contribution in [2.75, 3.05) is 13.2 Å². The van der Waals surface area contributed by atoms with Crippen molar-refractivity contribution in [3.05, 3.63) is 109 Å². The molecule has 3 aromatic carbocycles. The van der Waals surface area contributed by atoms with E-state index in [1.165, 1.54) is 12.2 Å². The summed E-state index contributed by atoms with van der Waals surface area (Å²) in [6.07, 6.45) is 12.4. The minimum atomic E-state index is -0.698. The summed E-state index contributed by atoms with van der Waals surface area (Å²) in [5.41, 5.74) is 2.69. The van der Waals surface area contributed by atoms with Crippen LogP contribution >= 0.6 is 0 Å².